The minimum Gasteiger partial charge on any atom is -0.482 e. The lowest BCUT2D eigenvalue weighted by molar-refractivity contribution is -0.151. The van der Waals surface area contributed by atoms with Crippen molar-refractivity contribution in [3.8, 4) is 5.75 Å². The van der Waals surface area contributed by atoms with Crippen LogP contribution in [0, 0.1) is 0 Å². The minimum atomic E-state index is -0.404. The summed E-state index contributed by atoms with van der Waals surface area (Å²) in [5.74, 6) is 0.182. The first kappa shape index (κ1) is 13.9. The predicted molar refractivity (Wildman–Crippen MR) is 77.3 cm³/mol. The lowest BCUT2D eigenvalue weighted by Crippen LogP contribution is -2.16. The van der Waals surface area contributed by atoms with E-state index in [1.165, 1.54) is 0 Å². The Bertz CT molecular complexity index is 552. The Labute approximate surface area is 118 Å². The van der Waals surface area contributed by atoms with Crippen molar-refractivity contribution in [2.45, 2.75) is 13.0 Å². The van der Waals surface area contributed by atoms with E-state index in [4.69, 9.17) is 15.2 Å². The summed E-state index contributed by atoms with van der Waals surface area (Å²) in [7, 11) is 0. The summed E-state index contributed by atoms with van der Waals surface area (Å²) in [6, 6.07) is 16.4. The zero-order valence-corrected chi connectivity index (χ0v) is 11.3. The number of carbonyl (C=O) groups is 1. The number of nitrogen functional groups attached to an aromatic ring is 1. The molecule has 0 radical (unpaired) electrons. The maximum atomic E-state index is 11.7. The maximum Gasteiger partial charge on any atom is 0.344 e. The molecule has 2 aromatic rings. The van der Waals surface area contributed by atoms with Crippen molar-refractivity contribution in [3.63, 3.8) is 0 Å². The standard InChI is InChI=1S/C16H17NO3/c1-12(13-5-3-2-4-6-13)20-16(18)11-19-15-9-7-14(17)8-10-15/h2-10,12H,11,17H2,1H3. The number of benzene rings is 2. The van der Waals surface area contributed by atoms with Crippen LogP contribution in [0.15, 0.2) is 54.6 Å². The smallest absolute Gasteiger partial charge is 0.344 e. The van der Waals surface area contributed by atoms with Crippen LogP contribution in [0.25, 0.3) is 0 Å². The molecule has 4 nitrogen and oxygen atoms in total. The number of esters is 1. The predicted octanol–water partition coefficient (Wildman–Crippen LogP) is 2.95. The van der Waals surface area contributed by atoms with Gasteiger partial charge in [-0.15, -0.1) is 0 Å². The molecular formula is C16H17NO3. The van der Waals surface area contributed by atoms with Gasteiger partial charge < -0.3 is 15.2 Å². The Morgan fingerprint density at radius 3 is 2.40 bits per heavy atom. The number of hydrogen-bond donors (Lipinski definition) is 1. The minimum absolute atomic E-state index is 0.124. The number of carbonyl (C=O) groups excluding carboxylic acids is 1. The molecule has 0 spiro atoms. The van der Waals surface area contributed by atoms with Gasteiger partial charge in [0, 0.05) is 5.69 Å². The molecule has 2 rings (SSSR count). The first-order valence-electron chi connectivity index (χ1n) is 6.38. The van der Waals surface area contributed by atoms with Gasteiger partial charge in [-0.05, 0) is 36.8 Å². The molecule has 0 aliphatic heterocycles. The molecule has 2 N–H and O–H groups in total. The molecule has 0 bridgehead atoms. The summed E-state index contributed by atoms with van der Waals surface area (Å²) in [4.78, 5) is 11.7. The monoisotopic (exact) mass is 271 g/mol. The summed E-state index contributed by atoms with van der Waals surface area (Å²) < 4.78 is 10.6. The molecule has 0 heterocycles. The SMILES string of the molecule is CC(OC(=O)COc1ccc(N)cc1)c1ccccc1. The van der Waals surface area contributed by atoms with E-state index in [9.17, 15) is 4.79 Å². The molecule has 4 heteroatoms. The van der Waals surface area contributed by atoms with Gasteiger partial charge in [-0.3, -0.25) is 0 Å². The lowest BCUT2D eigenvalue weighted by atomic mass is 10.1. The highest BCUT2D eigenvalue weighted by Gasteiger charge is 2.11. The Morgan fingerprint density at radius 1 is 1.10 bits per heavy atom. The second-order valence-corrected chi connectivity index (χ2v) is 4.40. The van der Waals surface area contributed by atoms with Gasteiger partial charge in [0.25, 0.3) is 0 Å². The highest BCUT2D eigenvalue weighted by molar-refractivity contribution is 5.71. The van der Waals surface area contributed by atoms with Crippen LogP contribution in [-0.4, -0.2) is 12.6 Å². The van der Waals surface area contributed by atoms with Crippen LogP contribution in [0.2, 0.25) is 0 Å². The number of ether oxygens (including phenoxy) is 2. The van der Waals surface area contributed by atoms with Crippen molar-refractivity contribution in [1.29, 1.82) is 0 Å². The van der Waals surface area contributed by atoms with Crippen LogP contribution in [-0.2, 0) is 9.53 Å². The van der Waals surface area contributed by atoms with E-state index in [1.807, 2.05) is 37.3 Å². The molecule has 0 aliphatic carbocycles. The third-order valence-electron chi connectivity index (χ3n) is 2.81. The van der Waals surface area contributed by atoms with Crippen LogP contribution in [0.1, 0.15) is 18.6 Å². The molecule has 20 heavy (non-hydrogen) atoms. The number of nitrogens with two attached hydrogens (primary N) is 1. The largest absolute Gasteiger partial charge is 0.482 e. The van der Waals surface area contributed by atoms with Gasteiger partial charge in [0.1, 0.15) is 11.9 Å². The van der Waals surface area contributed by atoms with E-state index in [2.05, 4.69) is 0 Å². The molecule has 0 fully saturated rings. The van der Waals surface area contributed by atoms with Gasteiger partial charge in [0.15, 0.2) is 6.61 Å². The fraction of sp³-hybridized carbons (Fsp3) is 0.188. The zero-order valence-electron chi connectivity index (χ0n) is 11.3. The lowest BCUT2D eigenvalue weighted by Gasteiger charge is -2.14. The Morgan fingerprint density at radius 2 is 1.75 bits per heavy atom. The molecule has 0 aliphatic rings. The van der Waals surface area contributed by atoms with Gasteiger partial charge in [-0.25, -0.2) is 4.79 Å². The van der Waals surface area contributed by atoms with Gasteiger partial charge >= 0.3 is 5.97 Å². The molecule has 0 aromatic heterocycles. The summed E-state index contributed by atoms with van der Waals surface area (Å²) in [5.41, 5.74) is 7.17. The fourth-order valence-electron chi connectivity index (χ4n) is 1.73. The Kier molecular flexibility index (Phi) is 4.60. The molecule has 0 saturated heterocycles. The zero-order chi connectivity index (χ0) is 14.4. The van der Waals surface area contributed by atoms with Crippen LogP contribution >= 0.6 is 0 Å². The van der Waals surface area contributed by atoms with Gasteiger partial charge in [-0.1, -0.05) is 30.3 Å². The van der Waals surface area contributed by atoms with E-state index in [1.54, 1.807) is 24.3 Å². The van der Waals surface area contributed by atoms with Crippen LogP contribution < -0.4 is 10.5 Å². The summed E-state index contributed by atoms with van der Waals surface area (Å²) in [5, 5.41) is 0. The van der Waals surface area contributed by atoms with Gasteiger partial charge in [0.2, 0.25) is 0 Å². The van der Waals surface area contributed by atoms with Crippen LogP contribution in [0.3, 0.4) is 0 Å². The molecular weight excluding hydrogens is 254 g/mol. The normalized spacial score (nSPS) is 11.7. The van der Waals surface area contributed by atoms with E-state index in [-0.39, 0.29) is 12.7 Å². The van der Waals surface area contributed by atoms with Crippen LogP contribution in [0.5, 0.6) is 5.75 Å². The average molecular weight is 271 g/mol. The van der Waals surface area contributed by atoms with E-state index in [0.717, 1.165) is 5.56 Å². The average Bonchev–Trinajstić information content (AvgIpc) is 2.47. The molecule has 0 saturated carbocycles. The molecule has 104 valence electrons. The molecule has 2 aromatic carbocycles. The maximum absolute atomic E-state index is 11.7. The quantitative estimate of drug-likeness (QED) is 0.671. The molecule has 1 atom stereocenters. The van der Waals surface area contributed by atoms with Crippen molar-refractivity contribution in [2.24, 2.45) is 0 Å². The third kappa shape index (κ3) is 4.02. The highest BCUT2D eigenvalue weighted by atomic mass is 16.6. The topological polar surface area (TPSA) is 61.5 Å². The highest BCUT2D eigenvalue weighted by Crippen LogP contribution is 2.17. The summed E-state index contributed by atoms with van der Waals surface area (Å²) in [6.07, 6.45) is -0.293. The van der Waals surface area contributed by atoms with E-state index in [0.29, 0.717) is 11.4 Å². The second-order valence-electron chi connectivity index (χ2n) is 4.40. The summed E-state index contributed by atoms with van der Waals surface area (Å²) >= 11 is 0. The first-order valence-corrected chi connectivity index (χ1v) is 6.38. The van der Waals surface area contributed by atoms with Crippen molar-refractivity contribution >= 4 is 11.7 Å². The summed E-state index contributed by atoms with van der Waals surface area (Å²) in [6.45, 7) is 1.71. The van der Waals surface area contributed by atoms with Crippen LogP contribution in [0.4, 0.5) is 5.69 Å². The fourth-order valence-corrected chi connectivity index (χ4v) is 1.73. The van der Waals surface area contributed by atoms with Crippen molar-refractivity contribution in [3.05, 3.63) is 60.2 Å². The van der Waals surface area contributed by atoms with Crippen molar-refractivity contribution in [2.75, 3.05) is 12.3 Å². The van der Waals surface area contributed by atoms with E-state index < -0.39 is 5.97 Å². The Hall–Kier alpha value is -2.49. The molecule has 1 unspecified atom stereocenters. The van der Waals surface area contributed by atoms with Crippen molar-refractivity contribution in [1.82, 2.24) is 0 Å². The second kappa shape index (κ2) is 6.61. The number of anilines is 1. The molecule has 0 amide bonds. The third-order valence-corrected chi connectivity index (χ3v) is 2.81. The Balaban J connectivity index is 1.82. The number of hydrogen-bond acceptors (Lipinski definition) is 4. The number of rotatable bonds is 5. The van der Waals surface area contributed by atoms with Gasteiger partial charge in [0.05, 0.1) is 0 Å². The van der Waals surface area contributed by atoms with Crippen molar-refractivity contribution < 1.29 is 14.3 Å². The van der Waals surface area contributed by atoms with Gasteiger partial charge in [-0.2, -0.15) is 0 Å². The first-order chi connectivity index (χ1) is 9.65. The van der Waals surface area contributed by atoms with E-state index >= 15 is 0 Å².